The number of hydrogen-bond acceptors (Lipinski definition) is 2. The Morgan fingerprint density at radius 1 is 1.25 bits per heavy atom. The number of amides is 1. The summed E-state index contributed by atoms with van der Waals surface area (Å²) in [5, 5.41) is 0. The van der Waals surface area contributed by atoms with Gasteiger partial charge in [-0.2, -0.15) is 0 Å². The third kappa shape index (κ3) is 4.44. The van der Waals surface area contributed by atoms with Crippen LogP contribution >= 0.6 is 0 Å². The second-order valence-corrected chi connectivity index (χ2v) is 6.86. The summed E-state index contributed by atoms with van der Waals surface area (Å²) in [6, 6.07) is 7.31. The fraction of sp³-hybridized carbons (Fsp3) is 0.550. The third-order valence-electron chi connectivity index (χ3n) is 5.08. The smallest absolute Gasteiger partial charge is 0.226 e. The fourth-order valence-electron chi connectivity index (χ4n) is 3.58. The molecule has 1 aliphatic carbocycles. The molecule has 0 N–H and O–H groups in total. The van der Waals surface area contributed by atoms with Gasteiger partial charge < -0.3 is 9.80 Å². The van der Waals surface area contributed by atoms with Gasteiger partial charge in [0.25, 0.3) is 0 Å². The van der Waals surface area contributed by atoms with E-state index >= 15 is 0 Å². The average Bonchev–Trinajstić information content (AvgIpc) is 3.41. The Kier molecular flexibility index (Phi) is 5.67. The van der Waals surface area contributed by atoms with E-state index in [2.05, 4.69) is 16.7 Å². The first-order valence-electron chi connectivity index (χ1n) is 9.13. The molecule has 1 aromatic carbocycles. The topological polar surface area (TPSA) is 23.6 Å². The van der Waals surface area contributed by atoms with E-state index in [1.165, 1.54) is 12.1 Å². The lowest BCUT2D eigenvalue weighted by Gasteiger charge is -2.38. The maximum atomic E-state index is 13.2. The van der Waals surface area contributed by atoms with Crippen LogP contribution in [0.15, 0.2) is 30.3 Å². The highest BCUT2D eigenvalue weighted by atomic mass is 19.1. The lowest BCUT2D eigenvalue weighted by atomic mass is 10.0. The molecular formula is C20H27FN2O. The number of nitrogens with zero attached hydrogens (tertiary/aromatic N) is 2. The minimum atomic E-state index is -0.245. The minimum absolute atomic E-state index is 0.222. The maximum absolute atomic E-state index is 13.2. The van der Waals surface area contributed by atoms with Gasteiger partial charge in [-0.15, -0.1) is 0 Å². The normalized spacial score (nSPS) is 19.8. The Balaban J connectivity index is 1.57. The zero-order valence-electron chi connectivity index (χ0n) is 14.5. The molecule has 1 saturated carbocycles. The first kappa shape index (κ1) is 17.2. The molecule has 1 aliphatic heterocycles. The van der Waals surface area contributed by atoms with Gasteiger partial charge in [-0.25, -0.2) is 4.39 Å². The molecule has 3 rings (SSSR count). The number of carbonyl (C=O) groups is 1. The SMILES string of the molecule is CCN1CCC(N(C(=O)CC=Cc2cccc(F)c2)C2CC2)CC1. The van der Waals surface area contributed by atoms with Crippen molar-refractivity contribution >= 4 is 12.0 Å². The average molecular weight is 330 g/mol. The van der Waals surface area contributed by atoms with Crippen molar-refractivity contribution in [1.82, 2.24) is 9.80 Å². The number of piperidine rings is 1. The predicted octanol–water partition coefficient (Wildman–Crippen LogP) is 3.70. The zero-order chi connectivity index (χ0) is 16.9. The van der Waals surface area contributed by atoms with Crippen LogP contribution in [0.1, 0.15) is 44.6 Å². The second kappa shape index (κ2) is 7.93. The van der Waals surface area contributed by atoms with Crippen molar-refractivity contribution < 1.29 is 9.18 Å². The summed E-state index contributed by atoms with van der Waals surface area (Å²) < 4.78 is 13.2. The number of halogens is 1. The van der Waals surface area contributed by atoms with Gasteiger partial charge in [0.2, 0.25) is 5.91 Å². The van der Waals surface area contributed by atoms with E-state index in [0.717, 1.165) is 50.9 Å². The molecule has 4 heteroatoms. The number of likely N-dealkylation sites (tertiary alicyclic amines) is 1. The van der Waals surface area contributed by atoms with Gasteiger partial charge in [0.15, 0.2) is 0 Å². The monoisotopic (exact) mass is 330 g/mol. The molecule has 0 bridgehead atoms. The molecule has 24 heavy (non-hydrogen) atoms. The Morgan fingerprint density at radius 3 is 2.58 bits per heavy atom. The summed E-state index contributed by atoms with van der Waals surface area (Å²) in [6.07, 6.45) is 8.58. The van der Waals surface area contributed by atoms with E-state index in [4.69, 9.17) is 0 Å². The van der Waals surface area contributed by atoms with E-state index in [1.54, 1.807) is 6.07 Å². The van der Waals surface area contributed by atoms with Crippen LogP contribution in [0.25, 0.3) is 6.08 Å². The molecule has 130 valence electrons. The van der Waals surface area contributed by atoms with Crippen molar-refractivity contribution in [2.24, 2.45) is 0 Å². The quantitative estimate of drug-likeness (QED) is 0.794. The largest absolute Gasteiger partial charge is 0.336 e. The molecule has 2 fully saturated rings. The van der Waals surface area contributed by atoms with E-state index in [9.17, 15) is 9.18 Å². The summed E-state index contributed by atoms with van der Waals surface area (Å²) >= 11 is 0. The number of hydrogen-bond donors (Lipinski definition) is 0. The molecule has 3 nitrogen and oxygen atoms in total. The summed E-state index contributed by atoms with van der Waals surface area (Å²) in [4.78, 5) is 17.3. The second-order valence-electron chi connectivity index (χ2n) is 6.86. The van der Waals surface area contributed by atoms with Crippen LogP contribution in [-0.2, 0) is 4.79 Å². The molecule has 0 spiro atoms. The van der Waals surface area contributed by atoms with Crippen LogP contribution in [-0.4, -0.2) is 47.4 Å². The van der Waals surface area contributed by atoms with E-state index in [-0.39, 0.29) is 11.7 Å². The highest BCUT2D eigenvalue weighted by Gasteiger charge is 2.37. The molecule has 1 saturated heterocycles. The summed E-state index contributed by atoms with van der Waals surface area (Å²) in [5.74, 6) is -0.0223. The van der Waals surface area contributed by atoms with Crippen LogP contribution in [0.5, 0.6) is 0 Å². The summed E-state index contributed by atoms with van der Waals surface area (Å²) in [6.45, 7) is 5.48. The van der Waals surface area contributed by atoms with Crippen molar-refractivity contribution in [2.75, 3.05) is 19.6 Å². The fourth-order valence-corrected chi connectivity index (χ4v) is 3.58. The number of carbonyl (C=O) groups excluding carboxylic acids is 1. The van der Waals surface area contributed by atoms with E-state index in [1.807, 2.05) is 18.2 Å². The van der Waals surface area contributed by atoms with Crippen LogP contribution in [0, 0.1) is 5.82 Å². The molecule has 0 radical (unpaired) electrons. The third-order valence-corrected chi connectivity index (χ3v) is 5.08. The molecule has 1 heterocycles. The Hall–Kier alpha value is -1.68. The van der Waals surface area contributed by atoms with Gasteiger partial charge in [0.05, 0.1) is 0 Å². The summed E-state index contributed by atoms with van der Waals surface area (Å²) in [7, 11) is 0. The molecule has 0 atom stereocenters. The minimum Gasteiger partial charge on any atom is -0.336 e. The van der Waals surface area contributed by atoms with Crippen molar-refractivity contribution in [3.63, 3.8) is 0 Å². The maximum Gasteiger partial charge on any atom is 0.226 e. The molecule has 1 aromatic rings. The van der Waals surface area contributed by atoms with Crippen LogP contribution in [0.2, 0.25) is 0 Å². The molecule has 2 aliphatic rings. The van der Waals surface area contributed by atoms with Crippen molar-refractivity contribution in [3.8, 4) is 0 Å². The van der Waals surface area contributed by atoms with Crippen molar-refractivity contribution in [2.45, 2.75) is 51.1 Å². The first-order valence-corrected chi connectivity index (χ1v) is 9.13. The van der Waals surface area contributed by atoms with Gasteiger partial charge in [-0.05, 0) is 49.9 Å². The Labute approximate surface area is 144 Å². The lowest BCUT2D eigenvalue weighted by Crippen LogP contribution is -2.48. The standard InChI is InChI=1S/C20H27FN2O/c1-2-22-13-11-19(12-14-22)23(18-9-10-18)20(24)8-4-6-16-5-3-7-17(21)15-16/h3-7,15,18-19H,2,8-14H2,1H3. The van der Waals surface area contributed by atoms with Gasteiger partial charge in [0, 0.05) is 31.6 Å². The van der Waals surface area contributed by atoms with Crippen LogP contribution < -0.4 is 0 Å². The Bertz CT molecular complexity index is 589. The molecular weight excluding hydrogens is 303 g/mol. The lowest BCUT2D eigenvalue weighted by molar-refractivity contribution is -0.134. The number of rotatable bonds is 6. The molecule has 1 amide bonds. The van der Waals surface area contributed by atoms with Gasteiger partial charge >= 0.3 is 0 Å². The highest BCUT2D eigenvalue weighted by molar-refractivity contribution is 5.79. The van der Waals surface area contributed by atoms with Crippen LogP contribution in [0.4, 0.5) is 4.39 Å². The van der Waals surface area contributed by atoms with E-state index < -0.39 is 0 Å². The van der Waals surface area contributed by atoms with Gasteiger partial charge in [-0.1, -0.05) is 31.2 Å². The highest BCUT2D eigenvalue weighted by Crippen LogP contribution is 2.32. The van der Waals surface area contributed by atoms with E-state index in [0.29, 0.717) is 18.5 Å². The van der Waals surface area contributed by atoms with Crippen molar-refractivity contribution in [3.05, 3.63) is 41.7 Å². The predicted molar refractivity (Wildman–Crippen MR) is 95.1 cm³/mol. The zero-order valence-corrected chi connectivity index (χ0v) is 14.5. The molecule has 0 aromatic heterocycles. The van der Waals surface area contributed by atoms with Crippen LogP contribution in [0.3, 0.4) is 0 Å². The summed E-state index contributed by atoms with van der Waals surface area (Å²) in [5.41, 5.74) is 0.803. The van der Waals surface area contributed by atoms with Gasteiger partial charge in [0.1, 0.15) is 5.82 Å². The Morgan fingerprint density at radius 2 is 1.96 bits per heavy atom. The van der Waals surface area contributed by atoms with Gasteiger partial charge in [-0.3, -0.25) is 4.79 Å². The molecule has 0 unspecified atom stereocenters. The van der Waals surface area contributed by atoms with Crippen molar-refractivity contribution in [1.29, 1.82) is 0 Å². The number of benzene rings is 1. The first-order chi connectivity index (χ1) is 11.7.